The third kappa shape index (κ3) is 4.99. The number of ether oxygens (including phenoxy) is 2. The van der Waals surface area contributed by atoms with Crippen LogP contribution >= 0.6 is 0 Å². The highest BCUT2D eigenvalue weighted by Gasteiger charge is 2.24. The van der Waals surface area contributed by atoms with Crippen LogP contribution in [0.4, 0.5) is 0 Å². The summed E-state index contributed by atoms with van der Waals surface area (Å²) in [5, 5.41) is 9.12. The first-order valence-electron chi connectivity index (χ1n) is 9.37. The number of aliphatic carboxylic acids is 1. The molecule has 0 heterocycles. The summed E-state index contributed by atoms with van der Waals surface area (Å²) in [6.45, 7) is 4.04. The van der Waals surface area contributed by atoms with Gasteiger partial charge in [0.2, 0.25) is 9.84 Å². The van der Waals surface area contributed by atoms with E-state index in [9.17, 15) is 13.2 Å². The van der Waals surface area contributed by atoms with Crippen molar-refractivity contribution >= 4 is 15.8 Å². The van der Waals surface area contributed by atoms with Crippen molar-refractivity contribution in [3.63, 3.8) is 0 Å². The molecule has 0 aromatic heterocycles. The van der Waals surface area contributed by atoms with Gasteiger partial charge in [-0.2, -0.15) is 0 Å². The molecule has 0 aliphatic rings. The molecule has 0 saturated heterocycles. The van der Waals surface area contributed by atoms with Crippen molar-refractivity contribution in [1.82, 2.24) is 0 Å². The van der Waals surface area contributed by atoms with Gasteiger partial charge in [-0.3, -0.25) is 4.79 Å². The Bertz CT molecular complexity index is 1150. The fourth-order valence-corrected chi connectivity index (χ4v) is 4.39. The minimum atomic E-state index is -3.99. The first kappa shape index (κ1) is 21.4. The number of carboxylic acids is 1. The molecule has 0 unspecified atom stereocenters. The summed E-state index contributed by atoms with van der Waals surface area (Å²) in [6, 6.07) is 17.9. The monoisotopic (exact) mass is 426 g/mol. The SMILES string of the molecule is CCOc1cc(CC(=O)O)cc(S(=O)(=O)c2ccccc2Oc2ccc(C)cc2)c1. The number of sulfone groups is 1. The fourth-order valence-electron chi connectivity index (χ4n) is 2.93. The first-order chi connectivity index (χ1) is 14.3. The maximum Gasteiger partial charge on any atom is 0.307 e. The molecular formula is C23H22O6S. The highest BCUT2D eigenvalue weighted by molar-refractivity contribution is 7.91. The third-order valence-corrected chi connectivity index (χ3v) is 6.08. The van der Waals surface area contributed by atoms with Crippen molar-refractivity contribution in [2.24, 2.45) is 0 Å². The van der Waals surface area contributed by atoms with Crippen LogP contribution in [0, 0.1) is 6.92 Å². The van der Waals surface area contributed by atoms with E-state index in [1.807, 2.05) is 19.1 Å². The van der Waals surface area contributed by atoms with Gasteiger partial charge in [0.1, 0.15) is 22.1 Å². The molecule has 0 aliphatic carbocycles. The molecule has 6 nitrogen and oxygen atoms in total. The molecule has 156 valence electrons. The summed E-state index contributed by atoms with van der Waals surface area (Å²) in [7, 11) is -3.99. The second-order valence-corrected chi connectivity index (χ2v) is 8.60. The standard InChI is InChI=1S/C23H22O6S/c1-3-28-19-12-17(14-23(24)25)13-20(15-19)30(26,27)22-7-5-4-6-21(22)29-18-10-8-16(2)9-11-18/h4-13,15H,3,14H2,1-2H3,(H,24,25). The highest BCUT2D eigenvalue weighted by atomic mass is 32.2. The van der Waals surface area contributed by atoms with E-state index in [1.165, 1.54) is 24.3 Å². The van der Waals surface area contributed by atoms with Gasteiger partial charge in [-0.25, -0.2) is 8.42 Å². The van der Waals surface area contributed by atoms with E-state index in [4.69, 9.17) is 14.6 Å². The van der Waals surface area contributed by atoms with Crippen LogP contribution in [0.15, 0.2) is 76.5 Å². The molecule has 0 amide bonds. The second kappa shape index (κ2) is 9.00. The van der Waals surface area contributed by atoms with E-state index in [1.54, 1.807) is 37.3 Å². The van der Waals surface area contributed by atoms with Gasteiger partial charge in [-0.1, -0.05) is 29.8 Å². The van der Waals surface area contributed by atoms with Gasteiger partial charge in [0.15, 0.2) is 0 Å². The highest BCUT2D eigenvalue weighted by Crippen LogP contribution is 2.34. The molecular weight excluding hydrogens is 404 g/mol. The summed E-state index contributed by atoms with van der Waals surface area (Å²) >= 11 is 0. The van der Waals surface area contributed by atoms with Gasteiger partial charge in [-0.05, 0) is 61.9 Å². The van der Waals surface area contributed by atoms with Crippen LogP contribution in [-0.4, -0.2) is 26.1 Å². The zero-order valence-corrected chi connectivity index (χ0v) is 17.5. The lowest BCUT2D eigenvalue weighted by atomic mass is 10.1. The number of carbonyl (C=O) groups is 1. The lowest BCUT2D eigenvalue weighted by molar-refractivity contribution is -0.136. The Morgan fingerprint density at radius 2 is 1.67 bits per heavy atom. The summed E-state index contributed by atoms with van der Waals surface area (Å²) in [5.41, 5.74) is 1.39. The molecule has 1 N–H and O–H groups in total. The fraction of sp³-hybridized carbons (Fsp3) is 0.174. The van der Waals surface area contributed by atoms with Gasteiger partial charge in [0, 0.05) is 0 Å². The maximum atomic E-state index is 13.4. The summed E-state index contributed by atoms with van der Waals surface area (Å²) in [4.78, 5) is 11.1. The van der Waals surface area contributed by atoms with Gasteiger partial charge < -0.3 is 14.6 Å². The van der Waals surface area contributed by atoms with E-state index >= 15 is 0 Å². The van der Waals surface area contributed by atoms with E-state index in [0.29, 0.717) is 23.7 Å². The average molecular weight is 426 g/mol. The van der Waals surface area contributed by atoms with Crippen LogP contribution in [0.3, 0.4) is 0 Å². The molecule has 0 aliphatic heterocycles. The van der Waals surface area contributed by atoms with Crippen molar-refractivity contribution in [2.45, 2.75) is 30.1 Å². The van der Waals surface area contributed by atoms with E-state index < -0.39 is 15.8 Å². The van der Waals surface area contributed by atoms with Crippen molar-refractivity contribution in [1.29, 1.82) is 0 Å². The number of rotatable bonds is 8. The Balaban J connectivity index is 2.06. The van der Waals surface area contributed by atoms with E-state index in [-0.39, 0.29) is 22.0 Å². The molecule has 0 fully saturated rings. The Hall–Kier alpha value is -3.32. The Kier molecular flexibility index (Phi) is 6.42. The molecule has 0 saturated carbocycles. The second-order valence-electron chi connectivity index (χ2n) is 6.68. The van der Waals surface area contributed by atoms with Gasteiger partial charge in [0.25, 0.3) is 0 Å². The Labute approximate surface area is 175 Å². The third-order valence-electron chi connectivity index (χ3n) is 4.30. The van der Waals surface area contributed by atoms with E-state index in [2.05, 4.69) is 0 Å². The summed E-state index contributed by atoms with van der Waals surface area (Å²) in [5.74, 6) is -0.0670. The molecule has 30 heavy (non-hydrogen) atoms. The van der Waals surface area contributed by atoms with Crippen LogP contribution in [0.2, 0.25) is 0 Å². The topological polar surface area (TPSA) is 89.9 Å². The van der Waals surface area contributed by atoms with Crippen molar-refractivity contribution < 1.29 is 27.8 Å². The lowest BCUT2D eigenvalue weighted by Gasteiger charge is -2.14. The maximum absolute atomic E-state index is 13.4. The molecule has 3 aromatic carbocycles. The zero-order valence-electron chi connectivity index (χ0n) is 16.7. The predicted octanol–water partition coefficient (Wildman–Crippen LogP) is 4.65. The Morgan fingerprint density at radius 1 is 0.967 bits per heavy atom. The van der Waals surface area contributed by atoms with Gasteiger partial charge in [0.05, 0.1) is 17.9 Å². The van der Waals surface area contributed by atoms with Crippen molar-refractivity contribution in [3.05, 3.63) is 77.9 Å². The largest absolute Gasteiger partial charge is 0.494 e. The van der Waals surface area contributed by atoms with Crippen LogP contribution in [0.25, 0.3) is 0 Å². The average Bonchev–Trinajstić information content (AvgIpc) is 2.69. The summed E-state index contributed by atoms with van der Waals surface area (Å²) < 4.78 is 38.1. The van der Waals surface area contributed by atoms with Crippen LogP contribution < -0.4 is 9.47 Å². The smallest absolute Gasteiger partial charge is 0.307 e. The van der Waals surface area contributed by atoms with Crippen molar-refractivity contribution in [2.75, 3.05) is 6.61 Å². The quantitative estimate of drug-likeness (QED) is 0.564. The molecule has 0 atom stereocenters. The number of para-hydroxylation sites is 1. The molecule has 0 spiro atoms. The number of hydrogen-bond acceptors (Lipinski definition) is 5. The number of benzene rings is 3. The molecule has 3 rings (SSSR count). The van der Waals surface area contributed by atoms with Gasteiger partial charge in [-0.15, -0.1) is 0 Å². The number of carboxylic acid groups (broad SMARTS) is 1. The van der Waals surface area contributed by atoms with E-state index in [0.717, 1.165) is 5.56 Å². The van der Waals surface area contributed by atoms with Crippen LogP contribution in [0.5, 0.6) is 17.2 Å². The number of hydrogen-bond donors (Lipinski definition) is 1. The van der Waals surface area contributed by atoms with Gasteiger partial charge >= 0.3 is 5.97 Å². The minimum Gasteiger partial charge on any atom is -0.494 e. The minimum absolute atomic E-state index is 0.0134. The first-order valence-corrected chi connectivity index (χ1v) is 10.8. The molecule has 0 radical (unpaired) electrons. The summed E-state index contributed by atoms with van der Waals surface area (Å²) in [6.07, 6.45) is -0.315. The van der Waals surface area contributed by atoms with Crippen LogP contribution in [-0.2, 0) is 21.1 Å². The zero-order chi connectivity index (χ0) is 21.7. The molecule has 7 heteroatoms. The number of aryl methyl sites for hydroxylation is 1. The van der Waals surface area contributed by atoms with Crippen molar-refractivity contribution in [3.8, 4) is 17.2 Å². The normalized spacial score (nSPS) is 11.1. The molecule has 0 bridgehead atoms. The molecule has 3 aromatic rings. The Morgan fingerprint density at radius 3 is 2.33 bits per heavy atom. The van der Waals surface area contributed by atoms with Crippen LogP contribution in [0.1, 0.15) is 18.1 Å². The predicted molar refractivity (Wildman–Crippen MR) is 112 cm³/mol. The lowest BCUT2D eigenvalue weighted by Crippen LogP contribution is -2.07.